The minimum Gasteiger partial charge on any atom is -0.394 e. The van der Waals surface area contributed by atoms with Crippen molar-refractivity contribution in [2.24, 2.45) is 0 Å². The first kappa shape index (κ1) is 14.1. The van der Waals surface area contributed by atoms with Gasteiger partial charge in [-0.05, 0) is 27.8 Å². The van der Waals surface area contributed by atoms with Gasteiger partial charge in [-0.3, -0.25) is 9.59 Å². The lowest BCUT2D eigenvalue weighted by Gasteiger charge is -2.35. The Hall–Kier alpha value is -0.980. The van der Waals surface area contributed by atoms with Crippen molar-refractivity contribution in [3.8, 4) is 0 Å². The molecule has 0 bridgehead atoms. The van der Waals surface area contributed by atoms with Crippen LogP contribution in [0.1, 0.15) is 20.8 Å². The number of rotatable bonds is 4. The van der Waals surface area contributed by atoms with Gasteiger partial charge in [-0.15, -0.1) is 0 Å². The highest BCUT2D eigenvalue weighted by atomic mass is 16.5. The molecule has 0 radical (unpaired) electrons. The standard InChI is InChI=1S/C11H20N2O4/c1-7(15)9-6-17-11(2,3)13(9)10(16)8(5-14)12-4/h8-9,12,14H,5-6H2,1-4H3/t8-,9?/m1/s1. The fraction of sp³-hybridized carbons (Fsp3) is 0.818. The van der Waals surface area contributed by atoms with Crippen LogP contribution in [0.2, 0.25) is 0 Å². The van der Waals surface area contributed by atoms with Crippen LogP contribution in [0.25, 0.3) is 0 Å². The van der Waals surface area contributed by atoms with Crippen molar-refractivity contribution in [2.75, 3.05) is 20.3 Å². The van der Waals surface area contributed by atoms with Crippen LogP contribution in [0.15, 0.2) is 0 Å². The van der Waals surface area contributed by atoms with Crippen LogP contribution in [0.5, 0.6) is 0 Å². The van der Waals surface area contributed by atoms with Gasteiger partial charge in [-0.2, -0.15) is 0 Å². The van der Waals surface area contributed by atoms with E-state index in [0.717, 1.165) is 0 Å². The fourth-order valence-corrected chi connectivity index (χ4v) is 1.98. The smallest absolute Gasteiger partial charge is 0.245 e. The second-order valence-corrected chi connectivity index (χ2v) is 4.62. The summed E-state index contributed by atoms with van der Waals surface area (Å²) in [5.74, 6) is -0.436. The molecule has 98 valence electrons. The third kappa shape index (κ3) is 2.65. The van der Waals surface area contributed by atoms with Crippen molar-refractivity contribution in [1.29, 1.82) is 0 Å². The van der Waals surface area contributed by atoms with Gasteiger partial charge in [0.15, 0.2) is 5.78 Å². The van der Waals surface area contributed by atoms with E-state index in [1.807, 2.05) is 0 Å². The maximum atomic E-state index is 12.2. The molecule has 1 aliphatic heterocycles. The van der Waals surface area contributed by atoms with Crippen molar-refractivity contribution in [3.63, 3.8) is 0 Å². The van der Waals surface area contributed by atoms with E-state index in [1.54, 1.807) is 20.9 Å². The molecular formula is C11H20N2O4. The highest BCUT2D eigenvalue weighted by molar-refractivity contribution is 5.90. The van der Waals surface area contributed by atoms with Crippen molar-refractivity contribution < 1.29 is 19.4 Å². The predicted molar refractivity (Wildman–Crippen MR) is 61.3 cm³/mol. The Morgan fingerprint density at radius 3 is 2.59 bits per heavy atom. The zero-order valence-corrected chi connectivity index (χ0v) is 10.7. The van der Waals surface area contributed by atoms with E-state index in [-0.39, 0.29) is 24.9 Å². The molecule has 2 atom stereocenters. The molecule has 1 heterocycles. The first-order chi connectivity index (χ1) is 7.85. The summed E-state index contributed by atoms with van der Waals surface area (Å²) in [5.41, 5.74) is -0.822. The number of aliphatic hydroxyl groups excluding tert-OH is 1. The molecule has 0 aromatic rings. The Morgan fingerprint density at radius 1 is 1.59 bits per heavy atom. The number of nitrogens with zero attached hydrogens (tertiary/aromatic N) is 1. The van der Waals surface area contributed by atoms with Crippen LogP contribution in [-0.2, 0) is 14.3 Å². The van der Waals surface area contributed by atoms with Gasteiger partial charge in [0.2, 0.25) is 5.91 Å². The quantitative estimate of drug-likeness (QED) is 0.671. The minimum absolute atomic E-state index is 0.114. The van der Waals surface area contributed by atoms with Gasteiger partial charge in [0.1, 0.15) is 17.8 Å². The average molecular weight is 244 g/mol. The molecular weight excluding hydrogens is 224 g/mol. The van der Waals surface area contributed by atoms with E-state index in [2.05, 4.69) is 5.32 Å². The first-order valence-corrected chi connectivity index (χ1v) is 5.61. The number of ether oxygens (including phenoxy) is 1. The van der Waals surface area contributed by atoms with Gasteiger partial charge in [0.25, 0.3) is 0 Å². The van der Waals surface area contributed by atoms with E-state index in [0.29, 0.717) is 0 Å². The van der Waals surface area contributed by atoms with Gasteiger partial charge in [0.05, 0.1) is 13.2 Å². The van der Waals surface area contributed by atoms with Crippen molar-refractivity contribution in [3.05, 3.63) is 0 Å². The Bertz CT molecular complexity index is 313. The lowest BCUT2D eigenvalue weighted by Crippen LogP contribution is -2.57. The second kappa shape index (κ2) is 5.12. The highest BCUT2D eigenvalue weighted by Crippen LogP contribution is 2.28. The lowest BCUT2D eigenvalue weighted by molar-refractivity contribution is -0.151. The van der Waals surface area contributed by atoms with Crippen molar-refractivity contribution in [2.45, 2.75) is 38.6 Å². The number of nitrogens with one attached hydrogen (secondary N) is 1. The van der Waals surface area contributed by atoms with Crippen LogP contribution in [0.4, 0.5) is 0 Å². The van der Waals surface area contributed by atoms with Crippen LogP contribution >= 0.6 is 0 Å². The second-order valence-electron chi connectivity index (χ2n) is 4.62. The van der Waals surface area contributed by atoms with E-state index < -0.39 is 17.8 Å². The SMILES string of the molecule is CN[C@H](CO)C(=O)N1C(C(C)=O)COC1(C)C. The molecule has 2 N–H and O–H groups in total. The third-order valence-corrected chi connectivity index (χ3v) is 3.02. The number of carbonyl (C=O) groups excluding carboxylic acids is 2. The zero-order valence-electron chi connectivity index (χ0n) is 10.7. The summed E-state index contributed by atoms with van der Waals surface area (Å²) < 4.78 is 5.46. The van der Waals surface area contributed by atoms with Gasteiger partial charge in [0, 0.05) is 0 Å². The van der Waals surface area contributed by atoms with Gasteiger partial charge in [-0.1, -0.05) is 0 Å². The zero-order chi connectivity index (χ0) is 13.2. The van der Waals surface area contributed by atoms with Crippen molar-refractivity contribution in [1.82, 2.24) is 10.2 Å². The number of carbonyl (C=O) groups is 2. The third-order valence-electron chi connectivity index (χ3n) is 3.02. The van der Waals surface area contributed by atoms with E-state index in [1.165, 1.54) is 11.8 Å². The molecule has 1 unspecified atom stereocenters. The van der Waals surface area contributed by atoms with Gasteiger partial charge < -0.3 is 20.1 Å². The molecule has 17 heavy (non-hydrogen) atoms. The van der Waals surface area contributed by atoms with Crippen molar-refractivity contribution >= 4 is 11.7 Å². The topological polar surface area (TPSA) is 78.9 Å². The Labute approximate surface area is 101 Å². The molecule has 0 aliphatic carbocycles. The van der Waals surface area contributed by atoms with E-state index in [9.17, 15) is 9.59 Å². The molecule has 1 rings (SSSR count). The summed E-state index contributed by atoms with van der Waals surface area (Å²) in [5, 5.41) is 11.8. The molecule has 1 amide bonds. The van der Waals surface area contributed by atoms with Gasteiger partial charge >= 0.3 is 0 Å². The Morgan fingerprint density at radius 2 is 2.18 bits per heavy atom. The Kier molecular flexibility index (Phi) is 4.24. The molecule has 6 heteroatoms. The van der Waals surface area contributed by atoms with E-state index in [4.69, 9.17) is 9.84 Å². The molecule has 0 aromatic heterocycles. The van der Waals surface area contributed by atoms with Crippen LogP contribution < -0.4 is 5.32 Å². The summed E-state index contributed by atoms with van der Waals surface area (Å²) in [4.78, 5) is 25.1. The number of hydrogen-bond donors (Lipinski definition) is 2. The highest BCUT2D eigenvalue weighted by Gasteiger charge is 2.47. The Balaban J connectivity index is 2.97. The molecule has 0 spiro atoms. The summed E-state index contributed by atoms with van der Waals surface area (Å²) in [7, 11) is 1.59. The monoisotopic (exact) mass is 244 g/mol. The summed E-state index contributed by atoms with van der Waals surface area (Å²) in [6.07, 6.45) is 0. The number of aliphatic hydroxyl groups is 1. The molecule has 1 fully saturated rings. The number of hydrogen-bond acceptors (Lipinski definition) is 5. The fourth-order valence-electron chi connectivity index (χ4n) is 1.98. The summed E-state index contributed by atoms with van der Waals surface area (Å²) in [6.45, 7) is 4.79. The number of Topliss-reactive ketones (excluding diaryl/α,β-unsaturated/α-hetero) is 1. The predicted octanol–water partition coefficient (Wildman–Crippen LogP) is -0.881. The molecule has 1 saturated heterocycles. The summed E-state index contributed by atoms with van der Waals surface area (Å²) >= 11 is 0. The normalized spacial score (nSPS) is 24.8. The van der Waals surface area contributed by atoms with Crippen LogP contribution in [-0.4, -0.2) is 59.8 Å². The molecule has 6 nitrogen and oxygen atoms in total. The maximum absolute atomic E-state index is 12.2. The molecule has 0 aromatic carbocycles. The molecule has 0 saturated carbocycles. The van der Waals surface area contributed by atoms with Crippen LogP contribution in [0.3, 0.4) is 0 Å². The van der Waals surface area contributed by atoms with Crippen LogP contribution in [0, 0.1) is 0 Å². The number of amides is 1. The summed E-state index contributed by atoms with van der Waals surface area (Å²) in [6, 6.07) is -1.28. The molecule has 1 aliphatic rings. The number of likely N-dealkylation sites (N-methyl/N-ethyl adjacent to an activating group) is 1. The minimum atomic E-state index is -0.822. The average Bonchev–Trinajstić information content (AvgIpc) is 2.55. The van der Waals surface area contributed by atoms with E-state index >= 15 is 0 Å². The van der Waals surface area contributed by atoms with Gasteiger partial charge in [-0.25, -0.2) is 0 Å². The lowest BCUT2D eigenvalue weighted by atomic mass is 10.1. The first-order valence-electron chi connectivity index (χ1n) is 5.61. The maximum Gasteiger partial charge on any atom is 0.245 e. The number of ketones is 1. The largest absolute Gasteiger partial charge is 0.394 e.